The van der Waals surface area contributed by atoms with Crippen molar-refractivity contribution in [2.24, 2.45) is 0 Å². The molecule has 1 saturated heterocycles. The molecule has 0 saturated carbocycles. The first-order valence-electron chi connectivity index (χ1n) is 6.51. The Hall–Kier alpha value is -1.25. The molecule has 0 bridgehead atoms. The maximum absolute atomic E-state index is 12.4. The van der Waals surface area contributed by atoms with Crippen LogP contribution in [0.25, 0.3) is 0 Å². The molecule has 0 aromatic carbocycles. The molecule has 1 fully saturated rings. The van der Waals surface area contributed by atoms with E-state index >= 15 is 0 Å². The van der Waals surface area contributed by atoms with Gasteiger partial charge in [-0.1, -0.05) is 0 Å². The Labute approximate surface area is 144 Å². The normalized spacial score (nSPS) is 17.0. The molecule has 0 aliphatic carbocycles. The minimum absolute atomic E-state index is 0. The highest BCUT2D eigenvalue weighted by molar-refractivity contribution is 5.95. The number of amides is 1. The number of hydrogen-bond donors (Lipinski definition) is 1. The summed E-state index contributed by atoms with van der Waals surface area (Å²) in [4.78, 5) is 17.7. The topological polar surface area (TPSA) is 54.5 Å². The van der Waals surface area contributed by atoms with E-state index in [-0.39, 0.29) is 42.3 Å². The Morgan fingerprint density at radius 2 is 2.17 bits per heavy atom. The van der Waals surface area contributed by atoms with Crippen LogP contribution in [0.1, 0.15) is 16.9 Å². The predicted molar refractivity (Wildman–Crippen MR) is 83.7 cm³/mol. The highest BCUT2D eigenvalue weighted by atomic mass is 35.5. The molecular weight excluding hydrogens is 358 g/mol. The van der Waals surface area contributed by atoms with Crippen LogP contribution >= 0.6 is 24.8 Å². The second-order valence-corrected chi connectivity index (χ2v) is 4.82. The first-order valence-corrected chi connectivity index (χ1v) is 6.51. The number of nitrogens with one attached hydrogen (secondary N) is 1. The van der Waals surface area contributed by atoms with E-state index in [1.165, 1.54) is 23.2 Å². The number of halogens is 5. The first kappa shape index (κ1) is 21.8. The standard InChI is InChI=1S/C13H16F3N3O2.2ClH/c1-19(9-4-6-17-7-9)12(20)11-10(3-2-5-18-11)21-8-13(14,15)16;;/h2-3,5,9,17H,4,6-8H2,1H3;2*1H. The van der Waals surface area contributed by atoms with E-state index in [0.717, 1.165) is 13.0 Å². The van der Waals surface area contributed by atoms with E-state index in [9.17, 15) is 18.0 Å². The highest BCUT2D eigenvalue weighted by Gasteiger charge is 2.31. The fourth-order valence-electron chi connectivity index (χ4n) is 2.13. The van der Waals surface area contributed by atoms with Crippen molar-refractivity contribution in [3.05, 3.63) is 24.0 Å². The molecular formula is C13H18Cl2F3N3O2. The number of carbonyl (C=O) groups is 1. The van der Waals surface area contributed by atoms with Crippen molar-refractivity contribution in [2.45, 2.75) is 18.6 Å². The average Bonchev–Trinajstić information content (AvgIpc) is 2.97. The lowest BCUT2D eigenvalue weighted by Gasteiger charge is -2.24. The van der Waals surface area contributed by atoms with Gasteiger partial charge >= 0.3 is 6.18 Å². The summed E-state index contributed by atoms with van der Waals surface area (Å²) in [6, 6.07) is 2.75. The first-order chi connectivity index (χ1) is 9.88. The van der Waals surface area contributed by atoms with Gasteiger partial charge in [-0.3, -0.25) is 4.79 Å². The van der Waals surface area contributed by atoms with E-state index in [4.69, 9.17) is 0 Å². The summed E-state index contributed by atoms with van der Waals surface area (Å²) in [7, 11) is 1.61. The van der Waals surface area contributed by atoms with Crippen LogP contribution in [0.2, 0.25) is 0 Å². The number of hydrogen-bond acceptors (Lipinski definition) is 4. The zero-order valence-corrected chi connectivity index (χ0v) is 13.9. The minimum atomic E-state index is -4.46. The third-order valence-electron chi connectivity index (χ3n) is 3.27. The molecule has 1 amide bonds. The molecule has 10 heteroatoms. The molecule has 0 spiro atoms. The third-order valence-corrected chi connectivity index (χ3v) is 3.27. The summed E-state index contributed by atoms with van der Waals surface area (Å²) < 4.78 is 41.4. The fourth-order valence-corrected chi connectivity index (χ4v) is 2.13. The molecule has 2 heterocycles. The van der Waals surface area contributed by atoms with Crippen LogP contribution in [0.3, 0.4) is 0 Å². The Kier molecular flexibility index (Phi) is 8.65. The lowest BCUT2D eigenvalue weighted by atomic mass is 10.2. The van der Waals surface area contributed by atoms with Crippen molar-refractivity contribution in [2.75, 3.05) is 26.7 Å². The van der Waals surface area contributed by atoms with Crippen LogP contribution in [-0.4, -0.2) is 54.8 Å². The van der Waals surface area contributed by atoms with E-state index in [0.29, 0.717) is 6.54 Å². The molecule has 2 rings (SSSR count). The number of aromatic nitrogens is 1. The summed E-state index contributed by atoms with van der Waals surface area (Å²) in [5.74, 6) is -0.598. The fraction of sp³-hybridized carbons (Fsp3) is 0.538. The Morgan fingerprint density at radius 3 is 2.74 bits per heavy atom. The molecule has 5 nitrogen and oxygen atoms in total. The number of nitrogens with zero attached hydrogens (tertiary/aromatic N) is 2. The summed E-state index contributed by atoms with van der Waals surface area (Å²) in [5, 5.41) is 3.12. The molecule has 1 aliphatic rings. The highest BCUT2D eigenvalue weighted by Crippen LogP contribution is 2.22. The molecule has 23 heavy (non-hydrogen) atoms. The molecule has 1 atom stereocenters. The average molecular weight is 376 g/mol. The smallest absolute Gasteiger partial charge is 0.422 e. The number of rotatable bonds is 4. The minimum Gasteiger partial charge on any atom is -0.482 e. The van der Waals surface area contributed by atoms with Gasteiger partial charge in [-0.25, -0.2) is 4.98 Å². The Bertz CT molecular complexity index is 511. The van der Waals surface area contributed by atoms with E-state index in [1.807, 2.05) is 0 Å². The summed E-state index contributed by atoms with van der Waals surface area (Å²) >= 11 is 0. The lowest BCUT2D eigenvalue weighted by molar-refractivity contribution is -0.153. The molecule has 1 unspecified atom stereocenters. The van der Waals surface area contributed by atoms with Crippen LogP contribution in [0, 0.1) is 0 Å². The van der Waals surface area contributed by atoms with Gasteiger partial charge in [0, 0.05) is 25.8 Å². The number of alkyl halides is 3. The molecule has 0 radical (unpaired) electrons. The van der Waals surface area contributed by atoms with Gasteiger partial charge in [-0.05, 0) is 25.1 Å². The van der Waals surface area contributed by atoms with Gasteiger partial charge < -0.3 is 15.0 Å². The Balaban J connectivity index is 0.00000242. The summed E-state index contributed by atoms with van der Waals surface area (Å²) in [5.41, 5.74) is -0.101. The van der Waals surface area contributed by atoms with Gasteiger partial charge in [-0.2, -0.15) is 13.2 Å². The summed E-state index contributed by atoms with van der Waals surface area (Å²) in [6.45, 7) is 0.0173. The molecule has 1 aliphatic heterocycles. The van der Waals surface area contributed by atoms with E-state index < -0.39 is 18.7 Å². The van der Waals surface area contributed by atoms with Crippen LogP contribution in [0.15, 0.2) is 18.3 Å². The maximum Gasteiger partial charge on any atom is 0.422 e. The van der Waals surface area contributed by atoms with E-state index in [1.54, 1.807) is 7.05 Å². The second-order valence-electron chi connectivity index (χ2n) is 4.82. The molecule has 132 valence electrons. The second kappa shape index (κ2) is 9.14. The van der Waals surface area contributed by atoms with Crippen molar-refractivity contribution in [3.63, 3.8) is 0 Å². The Morgan fingerprint density at radius 1 is 1.48 bits per heavy atom. The number of carbonyl (C=O) groups excluding carboxylic acids is 1. The maximum atomic E-state index is 12.4. The van der Waals surface area contributed by atoms with Crippen molar-refractivity contribution in [1.29, 1.82) is 0 Å². The quantitative estimate of drug-likeness (QED) is 0.877. The van der Waals surface area contributed by atoms with Gasteiger partial charge in [0.25, 0.3) is 5.91 Å². The summed E-state index contributed by atoms with van der Waals surface area (Å²) in [6.07, 6.45) is -2.31. The van der Waals surface area contributed by atoms with Crippen molar-refractivity contribution in [3.8, 4) is 5.75 Å². The monoisotopic (exact) mass is 375 g/mol. The van der Waals surface area contributed by atoms with Gasteiger partial charge in [-0.15, -0.1) is 24.8 Å². The molecule has 1 aromatic rings. The zero-order valence-electron chi connectivity index (χ0n) is 12.3. The number of likely N-dealkylation sites (N-methyl/N-ethyl adjacent to an activating group) is 1. The molecule has 1 aromatic heterocycles. The SMILES string of the molecule is CN(C(=O)c1ncccc1OCC(F)(F)F)C1CCNC1.Cl.Cl. The zero-order chi connectivity index (χ0) is 15.5. The van der Waals surface area contributed by atoms with Crippen molar-refractivity contribution in [1.82, 2.24) is 15.2 Å². The van der Waals surface area contributed by atoms with Gasteiger partial charge in [0.05, 0.1) is 0 Å². The lowest BCUT2D eigenvalue weighted by Crippen LogP contribution is -2.39. The van der Waals surface area contributed by atoms with Crippen LogP contribution in [0.5, 0.6) is 5.75 Å². The largest absolute Gasteiger partial charge is 0.482 e. The van der Waals surface area contributed by atoms with Crippen LogP contribution in [0.4, 0.5) is 13.2 Å². The van der Waals surface area contributed by atoms with Crippen molar-refractivity contribution < 1.29 is 22.7 Å². The predicted octanol–water partition coefficient (Wildman–Crippen LogP) is 2.30. The van der Waals surface area contributed by atoms with Gasteiger partial charge in [0.1, 0.15) is 0 Å². The number of pyridine rings is 1. The van der Waals surface area contributed by atoms with Crippen molar-refractivity contribution >= 4 is 30.7 Å². The van der Waals surface area contributed by atoms with Crippen LogP contribution < -0.4 is 10.1 Å². The van der Waals surface area contributed by atoms with Crippen LogP contribution in [-0.2, 0) is 0 Å². The van der Waals surface area contributed by atoms with Gasteiger partial charge in [0.2, 0.25) is 0 Å². The van der Waals surface area contributed by atoms with Gasteiger partial charge in [0.15, 0.2) is 18.1 Å². The number of ether oxygens (including phenoxy) is 1. The van der Waals surface area contributed by atoms with E-state index in [2.05, 4.69) is 15.0 Å². The third kappa shape index (κ3) is 6.04. The molecule has 1 N–H and O–H groups in total.